The molecule has 0 radical (unpaired) electrons. The quantitative estimate of drug-likeness (QED) is 0.151. The van der Waals surface area contributed by atoms with Gasteiger partial charge in [0.2, 0.25) is 0 Å². The van der Waals surface area contributed by atoms with Crippen molar-refractivity contribution in [1.82, 2.24) is 9.97 Å². The van der Waals surface area contributed by atoms with Gasteiger partial charge < -0.3 is 0 Å². The van der Waals surface area contributed by atoms with Gasteiger partial charge in [0.05, 0.1) is 17.1 Å². The first-order chi connectivity index (χ1) is 21.9. The van der Waals surface area contributed by atoms with Gasteiger partial charge in [-0.2, -0.15) is 0 Å². The molecule has 3 heteroatoms. The topological polar surface area (TPSA) is 38.1 Å². The maximum absolute atomic E-state index is 5.16. The van der Waals surface area contributed by atoms with Crippen molar-refractivity contribution in [2.45, 2.75) is 52.9 Å². The Morgan fingerprint density at radius 3 is 2.40 bits per heavy atom. The Bertz CT molecular complexity index is 1850. The minimum atomic E-state index is 0.185. The van der Waals surface area contributed by atoms with Crippen LogP contribution in [0.1, 0.15) is 64.1 Å². The van der Waals surface area contributed by atoms with Gasteiger partial charge in [-0.3, -0.25) is 4.99 Å². The van der Waals surface area contributed by atoms with Gasteiger partial charge in [0.25, 0.3) is 0 Å². The molecule has 6 rings (SSSR count). The second kappa shape index (κ2) is 13.6. The zero-order valence-electron chi connectivity index (χ0n) is 26.9. The Kier molecular flexibility index (Phi) is 9.16. The summed E-state index contributed by atoms with van der Waals surface area (Å²) in [4.78, 5) is 15.1. The Labute approximate surface area is 268 Å². The highest BCUT2D eigenvalue weighted by Gasteiger charge is 2.23. The molecule has 0 N–H and O–H groups in total. The number of benzene rings is 3. The Hall–Kier alpha value is -4.63. The molecule has 4 aromatic rings. The van der Waals surface area contributed by atoms with E-state index >= 15 is 0 Å². The molecule has 0 saturated heterocycles. The minimum absolute atomic E-state index is 0.185. The van der Waals surface area contributed by atoms with Crippen LogP contribution in [0.2, 0.25) is 0 Å². The van der Waals surface area contributed by atoms with Gasteiger partial charge in [-0.1, -0.05) is 124 Å². The number of allylic oxidation sites excluding steroid dienone is 8. The lowest BCUT2D eigenvalue weighted by atomic mass is 9.78. The van der Waals surface area contributed by atoms with E-state index in [4.69, 9.17) is 15.0 Å². The monoisotopic (exact) mass is 589 g/mol. The molecule has 3 atom stereocenters. The Balaban J connectivity index is 1.37. The van der Waals surface area contributed by atoms with Crippen LogP contribution in [0.4, 0.5) is 0 Å². The second-order valence-electron chi connectivity index (χ2n) is 12.7. The number of rotatable bonds is 8. The SMILES string of the molecule is C=C1CCCC=C1N=CC(C)c1ccc(-c2nc(C3=CC(C=CC)C(C(C)C)C=C3)cc(-c3ccc4ccccc4c3)n2)cc1. The third-order valence-electron chi connectivity index (χ3n) is 9.08. The molecule has 0 bridgehead atoms. The predicted molar refractivity (Wildman–Crippen MR) is 192 cm³/mol. The lowest BCUT2D eigenvalue weighted by molar-refractivity contribution is 0.408. The van der Waals surface area contributed by atoms with Crippen molar-refractivity contribution in [3.63, 3.8) is 0 Å². The zero-order chi connectivity index (χ0) is 31.3. The van der Waals surface area contributed by atoms with Gasteiger partial charge >= 0.3 is 0 Å². The molecule has 226 valence electrons. The van der Waals surface area contributed by atoms with Crippen LogP contribution in [0.25, 0.3) is 39.0 Å². The zero-order valence-corrected chi connectivity index (χ0v) is 26.9. The standard InChI is InChI=1S/C42H43N3/c1-6-11-35-25-37(22-23-38(35)28(2)3)41-26-40(36-21-18-32-13-8-9-14-34(32)24-36)44-42(45-41)33-19-16-31(17-20-33)30(5)27-43-39-15-10-7-12-29(39)4/h6,8-9,11,13-28,30,35,38H,4,7,10,12H2,1-3,5H3. The van der Waals surface area contributed by atoms with Gasteiger partial charge in [0, 0.05) is 29.2 Å². The first kappa shape index (κ1) is 30.4. The summed E-state index contributed by atoms with van der Waals surface area (Å²) < 4.78 is 0. The van der Waals surface area contributed by atoms with E-state index in [1.54, 1.807) is 0 Å². The first-order valence-corrected chi connectivity index (χ1v) is 16.3. The van der Waals surface area contributed by atoms with E-state index in [9.17, 15) is 0 Å². The van der Waals surface area contributed by atoms with E-state index in [2.05, 4.69) is 144 Å². The molecule has 3 unspecified atom stereocenters. The smallest absolute Gasteiger partial charge is 0.160 e. The molecule has 0 spiro atoms. The van der Waals surface area contributed by atoms with E-state index in [1.807, 2.05) is 6.21 Å². The highest BCUT2D eigenvalue weighted by Crippen LogP contribution is 2.35. The second-order valence-corrected chi connectivity index (χ2v) is 12.7. The fourth-order valence-corrected chi connectivity index (χ4v) is 6.37. The van der Waals surface area contributed by atoms with Crippen molar-refractivity contribution in [2.24, 2.45) is 22.7 Å². The molecule has 0 saturated carbocycles. The molecule has 2 aliphatic carbocycles. The lowest BCUT2D eigenvalue weighted by Gasteiger charge is -2.27. The first-order valence-electron chi connectivity index (χ1n) is 16.3. The molecular formula is C42H43N3. The van der Waals surface area contributed by atoms with Crippen LogP contribution in [0.3, 0.4) is 0 Å². The van der Waals surface area contributed by atoms with Gasteiger partial charge in [-0.25, -0.2) is 9.97 Å². The summed E-state index contributed by atoms with van der Waals surface area (Å²) in [5, 5.41) is 2.42. The van der Waals surface area contributed by atoms with Crippen molar-refractivity contribution in [1.29, 1.82) is 0 Å². The summed E-state index contributed by atoms with van der Waals surface area (Å²) in [6.07, 6.45) is 19.0. The third kappa shape index (κ3) is 6.88. The van der Waals surface area contributed by atoms with Crippen LogP contribution in [0.5, 0.6) is 0 Å². The largest absolute Gasteiger partial charge is 0.261 e. The highest BCUT2D eigenvalue weighted by atomic mass is 14.9. The normalized spacial score (nSPS) is 19.4. The van der Waals surface area contributed by atoms with Crippen molar-refractivity contribution in [3.8, 4) is 22.6 Å². The molecule has 0 amide bonds. The minimum Gasteiger partial charge on any atom is -0.261 e. The van der Waals surface area contributed by atoms with Gasteiger partial charge in [0.1, 0.15) is 0 Å². The maximum Gasteiger partial charge on any atom is 0.160 e. The average molecular weight is 590 g/mol. The van der Waals surface area contributed by atoms with E-state index in [-0.39, 0.29) is 5.92 Å². The summed E-state index contributed by atoms with van der Waals surface area (Å²) >= 11 is 0. The summed E-state index contributed by atoms with van der Waals surface area (Å²) in [6.45, 7) is 13.1. The number of nitrogens with zero attached hydrogens (tertiary/aromatic N) is 3. The van der Waals surface area contributed by atoms with Gasteiger partial charge in [0.15, 0.2) is 5.82 Å². The number of aromatic nitrogens is 2. The Morgan fingerprint density at radius 2 is 1.64 bits per heavy atom. The molecule has 1 aromatic heterocycles. The Morgan fingerprint density at radius 1 is 0.889 bits per heavy atom. The molecule has 3 aromatic carbocycles. The molecule has 2 aliphatic rings. The predicted octanol–water partition coefficient (Wildman–Crippen LogP) is 11.2. The van der Waals surface area contributed by atoms with Crippen LogP contribution >= 0.6 is 0 Å². The lowest BCUT2D eigenvalue weighted by Crippen LogP contribution is -2.17. The number of hydrogen-bond acceptors (Lipinski definition) is 3. The summed E-state index contributed by atoms with van der Waals surface area (Å²) in [7, 11) is 0. The van der Waals surface area contributed by atoms with Crippen LogP contribution < -0.4 is 0 Å². The van der Waals surface area contributed by atoms with Gasteiger partial charge in [-0.05, 0) is 77.6 Å². The summed E-state index contributed by atoms with van der Waals surface area (Å²) in [5.74, 6) is 2.27. The van der Waals surface area contributed by atoms with E-state index < -0.39 is 0 Å². The van der Waals surface area contributed by atoms with E-state index in [0.717, 1.165) is 58.0 Å². The van der Waals surface area contributed by atoms with E-state index in [0.29, 0.717) is 17.8 Å². The molecule has 3 nitrogen and oxygen atoms in total. The number of hydrogen-bond donors (Lipinski definition) is 0. The van der Waals surface area contributed by atoms with Crippen molar-refractivity contribution in [2.75, 3.05) is 0 Å². The van der Waals surface area contributed by atoms with Crippen LogP contribution in [-0.2, 0) is 0 Å². The highest BCUT2D eigenvalue weighted by molar-refractivity contribution is 5.87. The third-order valence-corrected chi connectivity index (χ3v) is 9.08. The molecule has 0 aliphatic heterocycles. The molecule has 45 heavy (non-hydrogen) atoms. The van der Waals surface area contributed by atoms with Crippen molar-refractivity contribution < 1.29 is 0 Å². The maximum atomic E-state index is 5.16. The average Bonchev–Trinajstić information content (AvgIpc) is 3.07. The summed E-state index contributed by atoms with van der Waals surface area (Å²) in [5.41, 5.74) is 8.49. The number of aliphatic imine (C=N–C) groups is 1. The van der Waals surface area contributed by atoms with Gasteiger partial charge in [-0.15, -0.1) is 0 Å². The van der Waals surface area contributed by atoms with Crippen LogP contribution in [-0.4, -0.2) is 16.2 Å². The van der Waals surface area contributed by atoms with E-state index in [1.165, 1.54) is 22.8 Å². The van der Waals surface area contributed by atoms with Crippen molar-refractivity contribution in [3.05, 3.63) is 138 Å². The number of fused-ring (bicyclic) bond motifs is 1. The fraction of sp³-hybridized carbons (Fsp3) is 0.262. The molecule has 1 heterocycles. The van der Waals surface area contributed by atoms with Crippen LogP contribution in [0, 0.1) is 17.8 Å². The fourth-order valence-electron chi connectivity index (χ4n) is 6.37. The summed E-state index contributed by atoms with van der Waals surface area (Å²) in [6, 6.07) is 25.8. The molecule has 0 fully saturated rings. The van der Waals surface area contributed by atoms with Crippen molar-refractivity contribution >= 4 is 22.6 Å². The van der Waals surface area contributed by atoms with Crippen LogP contribution in [0.15, 0.2) is 132 Å². The molecular weight excluding hydrogens is 546 g/mol.